The number of hydrogen-bond acceptors (Lipinski definition) is 2. The van der Waals surface area contributed by atoms with E-state index in [2.05, 4.69) is 17.3 Å². The van der Waals surface area contributed by atoms with Crippen molar-refractivity contribution in [2.45, 2.75) is 25.9 Å². The van der Waals surface area contributed by atoms with Crippen molar-refractivity contribution in [3.05, 3.63) is 54.5 Å². The maximum atomic E-state index is 12.4. The molecule has 1 amide bonds. The van der Waals surface area contributed by atoms with Crippen LogP contribution in [0.2, 0.25) is 0 Å². The molecule has 2 aromatic heterocycles. The number of carbonyl (C=O) groups excluding carboxylic acids is 1. The van der Waals surface area contributed by atoms with Gasteiger partial charge in [-0.25, -0.2) is 0 Å². The van der Waals surface area contributed by atoms with Gasteiger partial charge in [-0.3, -0.25) is 9.48 Å². The molecule has 3 aromatic rings. The van der Waals surface area contributed by atoms with E-state index >= 15 is 0 Å². The summed E-state index contributed by atoms with van der Waals surface area (Å²) in [5.74, 6) is 0.00871. The van der Waals surface area contributed by atoms with Gasteiger partial charge in [0.25, 0.3) is 0 Å². The van der Waals surface area contributed by atoms with Gasteiger partial charge in [0.1, 0.15) is 6.54 Å². The molecule has 0 bridgehead atoms. The maximum absolute atomic E-state index is 12.4. The van der Waals surface area contributed by atoms with Crippen LogP contribution in [-0.2, 0) is 18.4 Å². The SMILES string of the molecule is CC[C@H](NC(=O)Cn1ccc2ccccc21)c1ccnn1C. The van der Waals surface area contributed by atoms with E-state index in [9.17, 15) is 4.79 Å². The van der Waals surface area contributed by atoms with Crippen LogP contribution in [0.25, 0.3) is 10.9 Å². The molecule has 5 heteroatoms. The Morgan fingerprint density at radius 1 is 1.27 bits per heavy atom. The van der Waals surface area contributed by atoms with E-state index in [-0.39, 0.29) is 11.9 Å². The van der Waals surface area contributed by atoms with Crippen molar-refractivity contribution >= 4 is 16.8 Å². The number of para-hydroxylation sites is 1. The molecular weight excluding hydrogens is 276 g/mol. The van der Waals surface area contributed by atoms with Gasteiger partial charge in [0, 0.05) is 25.0 Å². The second kappa shape index (κ2) is 6.05. The zero-order valence-electron chi connectivity index (χ0n) is 12.9. The quantitative estimate of drug-likeness (QED) is 0.787. The number of rotatable bonds is 5. The van der Waals surface area contributed by atoms with Gasteiger partial charge in [-0.05, 0) is 30.0 Å². The molecule has 22 heavy (non-hydrogen) atoms. The molecule has 114 valence electrons. The lowest BCUT2D eigenvalue weighted by atomic mass is 10.1. The van der Waals surface area contributed by atoms with E-state index in [0.29, 0.717) is 6.54 Å². The highest BCUT2D eigenvalue weighted by Gasteiger charge is 2.16. The first-order valence-electron chi connectivity index (χ1n) is 7.50. The molecular formula is C17H20N4O. The molecule has 1 N–H and O–H groups in total. The van der Waals surface area contributed by atoms with Crippen molar-refractivity contribution in [2.24, 2.45) is 7.05 Å². The number of aryl methyl sites for hydroxylation is 1. The van der Waals surface area contributed by atoms with Crippen LogP contribution in [0, 0.1) is 0 Å². The largest absolute Gasteiger partial charge is 0.346 e. The molecule has 0 saturated carbocycles. The average molecular weight is 296 g/mol. The van der Waals surface area contributed by atoms with Crippen LogP contribution >= 0.6 is 0 Å². The fourth-order valence-electron chi connectivity index (χ4n) is 2.78. The Kier molecular flexibility index (Phi) is 3.96. The lowest BCUT2D eigenvalue weighted by Crippen LogP contribution is -2.32. The van der Waals surface area contributed by atoms with E-state index in [1.165, 1.54) is 0 Å². The smallest absolute Gasteiger partial charge is 0.240 e. The molecule has 1 atom stereocenters. The van der Waals surface area contributed by atoms with Crippen molar-refractivity contribution in [3.63, 3.8) is 0 Å². The summed E-state index contributed by atoms with van der Waals surface area (Å²) in [6.45, 7) is 2.38. The van der Waals surface area contributed by atoms with Crippen LogP contribution in [0.15, 0.2) is 48.8 Å². The highest BCUT2D eigenvalue weighted by atomic mass is 16.2. The maximum Gasteiger partial charge on any atom is 0.240 e. The predicted octanol–water partition coefficient (Wildman–Crippen LogP) is 2.64. The van der Waals surface area contributed by atoms with Gasteiger partial charge in [0.05, 0.1) is 11.7 Å². The van der Waals surface area contributed by atoms with Gasteiger partial charge in [-0.15, -0.1) is 0 Å². The highest BCUT2D eigenvalue weighted by molar-refractivity contribution is 5.83. The molecule has 0 aliphatic heterocycles. The number of benzene rings is 1. The van der Waals surface area contributed by atoms with Crippen LogP contribution < -0.4 is 5.32 Å². The predicted molar refractivity (Wildman–Crippen MR) is 86.3 cm³/mol. The summed E-state index contributed by atoms with van der Waals surface area (Å²) < 4.78 is 3.78. The molecule has 1 aromatic carbocycles. The van der Waals surface area contributed by atoms with Crippen LogP contribution in [-0.4, -0.2) is 20.3 Å². The summed E-state index contributed by atoms with van der Waals surface area (Å²) in [4.78, 5) is 12.4. The third kappa shape index (κ3) is 2.74. The van der Waals surface area contributed by atoms with E-state index in [1.807, 2.05) is 54.2 Å². The summed E-state index contributed by atoms with van der Waals surface area (Å²) in [7, 11) is 1.89. The summed E-state index contributed by atoms with van der Waals surface area (Å²) in [6, 6.07) is 12.0. The molecule has 2 heterocycles. The number of hydrogen-bond donors (Lipinski definition) is 1. The Hall–Kier alpha value is -2.56. The van der Waals surface area contributed by atoms with Crippen molar-refractivity contribution in [3.8, 4) is 0 Å². The Bertz CT molecular complexity index is 787. The first kappa shape index (κ1) is 14.4. The summed E-state index contributed by atoms with van der Waals surface area (Å²) in [5, 5.41) is 8.41. The number of aromatic nitrogens is 3. The Morgan fingerprint density at radius 2 is 2.09 bits per heavy atom. The summed E-state index contributed by atoms with van der Waals surface area (Å²) in [5.41, 5.74) is 2.10. The Morgan fingerprint density at radius 3 is 2.82 bits per heavy atom. The second-order valence-electron chi connectivity index (χ2n) is 5.41. The minimum atomic E-state index is -0.0122. The highest BCUT2D eigenvalue weighted by Crippen LogP contribution is 2.17. The first-order valence-corrected chi connectivity index (χ1v) is 7.50. The molecule has 0 unspecified atom stereocenters. The van der Waals surface area contributed by atoms with Crippen LogP contribution in [0.3, 0.4) is 0 Å². The monoisotopic (exact) mass is 296 g/mol. The van der Waals surface area contributed by atoms with E-state index in [1.54, 1.807) is 10.9 Å². The Balaban J connectivity index is 1.73. The van der Waals surface area contributed by atoms with Crippen LogP contribution in [0.1, 0.15) is 25.1 Å². The van der Waals surface area contributed by atoms with Crippen LogP contribution in [0.5, 0.6) is 0 Å². The molecule has 0 fully saturated rings. The molecule has 0 spiro atoms. The van der Waals surface area contributed by atoms with Crippen molar-refractivity contribution in [1.82, 2.24) is 19.7 Å². The fourth-order valence-corrected chi connectivity index (χ4v) is 2.78. The zero-order valence-corrected chi connectivity index (χ0v) is 12.9. The number of fused-ring (bicyclic) bond motifs is 1. The fraction of sp³-hybridized carbons (Fsp3) is 0.294. The number of nitrogens with zero attached hydrogens (tertiary/aromatic N) is 3. The molecule has 3 rings (SSSR count). The summed E-state index contributed by atoms with van der Waals surface area (Å²) >= 11 is 0. The van der Waals surface area contributed by atoms with Gasteiger partial charge >= 0.3 is 0 Å². The van der Waals surface area contributed by atoms with Gasteiger partial charge in [-0.2, -0.15) is 5.10 Å². The Labute approximate surface area is 129 Å². The molecule has 5 nitrogen and oxygen atoms in total. The minimum absolute atomic E-state index is 0.00871. The van der Waals surface area contributed by atoms with Crippen molar-refractivity contribution in [2.75, 3.05) is 0 Å². The minimum Gasteiger partial charge on any atom is -0.346 e. The third-order valence-corrected chi connectivity index (χ3v) is 3.95. The lowest BCUT2D eigenvalue weighted by molar-refractivity contribution is -0.122. The van der Waals surface area contributed by atoms with Crippen molar-refractivity contribution in [1.29, 1.82) is 0 Å². The number of carbonyl (C=O) groups is 1. The summed E-state index contributed by atoms with van der Waals surface area (Å²) in [6.07, 6.45) is 4.54. The normalized spacial score (nSPS) is 12.5. The van der Waals surface area contributed by atoms with Gasteiger partial charge in [-0.1, -0.05) is 25.1 Å². The second-order valence-corrected chi connectivity index (χ2v) is 5.41. The van der Waals surface area contributed by atoms with Crippen LogP contribution in [0.4, 0.5) is 0 Å². The van der Waals surface area contributed by atoms with Gasteiger partial charge < -0.3 is 9.88 Å². The molecule has 0 radical (unpaired) electrons. The standard InChI is InChI=1S/C17H20N4O/c1-3-14(16-8-10-18-20(16)2)19-17(22)12-21-11-9-13-6-4-5-7-15(13)21/h4-11,14H,3,12H2,1-2H3,(H,19,22)/t14-/m0/s1. The topological polar surface area (TPSA) is 51.9 Å². The third-order valence-electron chi connectivity index (χ3n) is 3.95. The number of amides is 1. The van der Waals surface area contributed by atoms with E-state index in [4.69, 9.17) is 0 Å². The lowest BCUT2D eigenvalue weighted by Gasteiger charge is -2.17. The van der Waals surface area contributed by atoms with Gasteiger partial charge in [0.15, 0.2) is 0 Å². The molecule has 0 aliphatic carbocycles. The van der Waals surface area contributed by atoms with E-state index in [0.717, 1.165) is 23.0 Å². The zero-order chi connectivity index (χ0) is 15.5. The first-order chi connectivity index (χ1) is 10.7. The molecule has 0 aliphatic rings. The number of nitrogens with one attached hydrogen (secondary N) is 1. The average Bonchev–Trinajstić information content (AvgIpc) is 3.12. The molecule has 0 saturated heterocycles. The van der Waals surface area contributed by atoms with Crippen molar-refractivity contribution < 1.29 is 4.79 Å². The van der Waals surface area contributed by atoms with Gasteiger partial charge in [0.2, 0.25) is 5.91 Å². The van der Waals surface area contributed by atoms with E-state index < -0.39 is 0 Å².